The third-order valence-corrected chi connectivity index (χ3v) is 7.53. The van der Waals surface area contributed by atoms with E-state index in [2.05, 4.69) is 59.0 Å². The number of imidazole rings is 1. The van der Waals surface area contributed by atoms with Crippen LogP contribution in [-0.4, -0.2) is 65.3 Å². The number of nitrogens with one attached hydrogen (secondary N) is 1. The molecule has 11 heteroatoms. The Morgan fingerprint density at radius 1 is 1.15 bits per heavy atom. The van der Waals surface area contributed by atoms with Crippen molar-refractivity contribution in [3.8, 4) is 5.75 Å². The van der Waals surface area contributed by atoms with Gasteiger partial charge in [-0.05, 0) is 54.8 Å². The molecule has 1 aliphatic carbocycles. The molecule has 2 aromatic heterocycles. The molecule has 1 atom stereocenters. The Labute approximate surface area is 233 Å². The summed E-state index contributed by atoms with van der Waals surface area (Å²) in [6.07, 6.45) is 5.11. The molecule has 206 valence electrons. The van der Waals surface area contributed by atoms with Gasteiger partial charge in [0.2, 0.25) is 0 Å². The van der Waals surface area contributed by atoms with E-state index < -0.39 is 6.36 Å². The lowest BCUT2D eigenvalue weighted by atomic mass is 10.0. The highest BCUT2D eigenvalue weighted by Gasteiger charge is 2.31. The largest absolute Gasteiger partial charge is 0.573 e. The molecule has 1 aliphatic heterocycles. The highest BCUT2D eigenvalue weighted by molar-refractivity contribution is 9.10. The minimum absolute atomic E-state index is 0.146. The first-order valence-corrected chi connectivity index (χ1v) is 13.7. The first-order valence-electron chi connectivity index (χ1n) is 12.9. The SMILES string of the molecule is CCc1nc2cc(Br)ccn2c1C(=O)NCC1=CCC(N2CCN(c3ccc(OC(F)(F)F)cc3)CC2)C=C1. The van der Waals surface area contributed by atoms with Crippen LogP contribution in [0.3, 0.4) is 0 Å². The molecule has 3 heterocycles. The maximum absolute atomic E-state index is 13.1. The Balaban J connectivity index is 1.11. The highest BCUT2D eigenvalue weighted by atomic mass is 79.9. The number of carbonyl (C=O) groups is 1. The van der Waals surface area contributed by atoms with E-state index in [4.69, 9.17) is 0 Å². The number of benzene rings is 1. The van der Waals surface area contributed by atoms with Gasteiger partial charge in [-0.2, -0.15) is 0 Å². The lowest BCUT2D eigenvalue weighted by Crippen LogP contribution is -2.50. The topological polar surface area (TPSA) is 62.1 Å². The lowest BCUT2D eigenvalue weighted by Gasteiger charge is -2.39. The predicted molar refractivity (Wildman–Crippen MR) is 147 cm³/mol. The molecule has 1 amide bonds. The Bertz CT molecular complexity index is 1390. The number of piperazine rings is 1. The van der Waals surface area contributed by atoms with Gasteiger partial charge in [0.15, 0.2) is 0 Å². The van der Waals surface area contributed by atoms with Crippen molar-refractivity contribution in [3.05, 3.63) is 82.3 Å². The molecule has 1 fully saturated rings. The van der Waals surface area contributed by atoms with Crippen LogP contribution in [0.4, 0.5) is 18.9 Å². The van der Waals surface area contributed by atoms with Crippen molar-refractivity contribution >= 4 is 33.2 Å². The Morgan fingerprint density at radius 3 is 2.54 bits per heavy atom. The number of hydrogen-bond acceptors (Lipinski definition) is 5. The summed E-state index contributed by atoms with van der Waals surface area (Å²) in [5.41, 5.74) is 4.01. The molecule has 0 saturated carbocycles. The Hall–Kier alpha value is -3.31. The number of amides is 1. The van der Waals surface area contributed by atoms with Crippen molar-refractivity contribution in [1.82, 2.24) is 19.6 Å². The second-order valence-corrected chi connectivity index (χ2v) is 10.4. The number of hydrogen-bond donors (Lipinski definition) is 1. The summed E-state index contributed by atoms with van der Waals surface area (Å²) < 4.78 is 43.9. The van der Waals surface area contributed by atoms with Gasteiger partial charge in [0.25, 0.3) is 5.91 Å². The lowest BCUT2D eigenvalue weighted by molar-refractivity contribution is -0.274. The van der Waals surface area contributed by atoms with Crippen molar-refractivity contribution in [2.45, 2.75) is 32.2 Å². The van der Waals surface area contributed by atoms with Crippen LogP contribution in [0.25, 0.3) is 5.65 Å². The van der Waals surface area contributed by atoms with Crippen molar-refractivity contribution in [3.63, 3.8) is 0 Å². The maximum Gasteiger partial charge on any atom is 0.573 e. The van der Waals surface area contributed by atoms with Gasteiger partial charge >= 0.3 is 6.36 Å². The minimum atomic E-state index is -4.69. The summed E-state index contributed by atoms with van der Waals surface area (Å²) in [6, 6.07) is 10.1. The smallest absolute Gasteiger partial charge is 0.406 e. The van der Waals surface area contributed by atoms with Gasteiger partial charge in [-0.3, -0.25) is 14.1 Å². The molecule has 3 aromatic rings. The number of fused-ring (bicyclic) bond motifs is 1. The van der Waals surface area contributed by atoms with Gasteiger partial charge in [-0.1, -0.05) is 41.1 Å². The van der Waals surface area contributed by atoms with E-state index in [1.165, 1.54) is 12.1 Å². The number of pyridine rings is 1. The normalized spacial score (nSPS) is 18.3. The summed E-state index contributed by atoms with van der Waals surface area (Å²) in [6.45, 7) is 5.69. The van der Waals surface area contributed by atoms with E-state index in [9.17, 15) is 18.0 Å². The Morgan fingerprint density at radius 2 is 1.90 bits per heavy atom. The van der Waals surface area contributed by atoms with Crippen molar-refractivity contribution in [1.29, 1.82) is 0 Å². The predicted octanol–water partition coefficient (Wildman–Crippen LogP) is 5.36. The van der Waals surface area contributed by atoms with Gasteiger partial charge in [-0.15, -0.1) is 13.2 Å². The van der Waals surface area contributed by atoms with Crippen LogP contribution < -0.4 is 15.0 Å². The summed E-state index contributed by atoms with van der Waals surface area (Å²) in [5.74, 6) is -0.360. The average molecular weight is 604 g/mol. The van der Waals surface area contributed by atoms with E-state index >= 15 is 0 Å². The molecular weight excluding hydrogens is 575 g/mol. The van der Waals surface area contributed by atoms with Crippen LogP contribution in [0.2, 0.25) is 0 Å². The van der Waals surface area contributed by atoms with Crippen molar-refractivity contribution in [2.75, 3.05) is 37.6 Å². The second-order valence-electron chi connectivity index (χ2n) is 9.52. The van der Waals surface area contributed by atoms with E-state index in [-0.39, 0.29) is 17.7 Å². The van der Waals surface area contributed by atoms with E-state index in [0.717, 1.165) is 59.7 Å². The monoisotopic (exact) mass is 603 g/mol. The standard InChI is InChI=1S/C28H29BrF3N5O2/c1-2-24-26(37-12-11-20(29)17-25(37)34-24)27(38)33-18-19-3-5-21(6-4-19)35-13-15-36(16-14-35)22-7-9-23(10-8-22)39-28(30,31)32/h3-5,7-12,17,21H,2,6,13-16,18H2,1H3,(H,33,38). The maximum atomic E-state index is 13.1. The molecule has 2 aliphatic rings. The van der Waals surface area contributed by atoms with Crippen LogP contribution in [0.15, 0.2) is 70.9 Å². The average Bonchev–Trinajstić information content (AvgIpc) is 3.29. The number of halogens is 4. The number of rotatable bonds is 7. The highest BCUT2D eigenvalue weighted by Crippen LogP contribution is 2.27. The summed E-state index contributed by atoms with van der Waals surface area (Å²) in [4.78, 5) is 22.2. The van der Waals surface area contributed by atoms with Gasteiger partial charge in [0, 0.05) is 55.1 Å². The molecule has 1 unspecified atom stereocenters. The summed E-state index contributed by atoms with van der Waals surface area (Å²) in [7, 11) is 0. The van der Waals surface area contributed by atoms with Crippen LogP contribution in [0.1, 0.15) is 29.5 Å². The summed E-state index contributed by atoms with van der Waals surface area (Å²) in [5, 5.41) is 3.05. The second kappa shape index (κ2) is 11.4. The molecule has 0 spiro atoms. The number of ether oxygens (including phenoxy) is 1. The number of aromatic nitrogens is 2. The first-order chi connectivity index (χ1) is 18.7. The Kier molecular flexibility index (Phi) is 7.99. The van der Waals surface area contributed by atoms with Crippen LogP contribution in [0, 0.1) is 0 Å². The molecule has 7 nitrogen and oxygen atoms in total. The van der Waals surface area contributed by atoms with Gasteiger partial charge in [-0.25, -0.2) is 4.98 Å². The zero-order valence-corrected chi connectivity index (χ0v) is 23.0. The third-order valence-electron chi connectivity index (χ3n) is 7.04. The number of aryl methyl sites for hydroxylation is 1. The van der Waals surface area contributed by atoms with Crippen LogP contribution in [-0.2, 0) is 6.42 Å². The molecule has 0 bridgehead atoms. The van der Waals surface area contributed by atoms with E-state index in [1.54, 1.807) is 12.1 Å². The molecule has 1 saturated heterocycles. The van der Waals surface area contributed by atoms with Crippen LogP contribution in [0.5, 0.6) is 5.75 Å². The van der Waals surface area contributed by atoms with Crippen molar-refractivity contribution < 1.29 is 22.7 Å². The number of nitrogens with zero attached hydrogens (tertiary/aromatic N) is 4. The fourth-order valence-corrected chi connectivity index (χ4v) is 5.37. The molecule has 0 radical (unpaired) electrons. The van der Waals surface area contributed by atoms with Crippen LogP contribution >= 0.6 is 15.9 Å². The first kappa shape index (κ1) is 27.3. The van der Waals surface area contributed by atoms with E-state index in [0.29, 0.717) is 18.7 Å². The number of anilines is 1. The molecule has 5 rings (SSSR count). The minimum Gasteiger partial charge on any atom is -0.406 e. The zero-order valence-electron chi connectivity index (χ0n) is 21.4. The van der Waals surface area contributed by atoms with Gasteiger partial charge in [0.05, 0.1) is 5.69 Å². The van der Waals surface area contributed by atoms with Gasteiger partial charge < -0.3 is 15.0 Å². The van der Waals surface area contributed by atoms with Crippen molar-refractivity contribution in [2.24, 2.45) is 0 Å². The summed E-state index contributed by atoms with van der Waals surface area (Å²) >= 11 is 3.45. The quantitative estimate of drug-likeness (QED) is 0.394. The molecule has 39 heavy (non-hydrogen) atoms. The third kappa shape index (κ3) is 6.47. The fourth-order valence-electron chi connectivity index (χ4n) is 5.05. The number of carbonyl (C=O) groups excluding carboxylic acids is 1. The zero-order chi connectivity index (χ0) is 27.6. The molecule has 1 N–H and O–H groups in total. The van der Waals surface area contributed by atoms with Gasteiger partial charge in [0.1, 0.15) is 17.1 Å². The fraction of sp³-hybridized carbons (Fsp3) is 0.357. The molecule has 1 aromatic carbocycles. The van der Waals surface area contributed by atoms with E-state index in [1.807, 2.05) is 29.7 Å². The number of alkyl halides is 3. The molecular formula is C28H29BrF3N5O2.